The summed E-state index contributed by atoms with van der Waals surface area (Å²) in [4.78, 5) is 16.8. The van der Waals surface area contributed by atoms with Crippen LogP contribution in [0.3, 0.4) is 0 Å². The standard InChI is InChI=1S/C25H31N3O2/c29-24(7-4-10-30-22-5-2-1-3-6-22)27-21-8-9-23(26-17-21)28-25-14-18-11-19(15-25)13-20(12-18)16-25/h1-3,5-6,8-9,17-20H,4,7,10-16H2,(H,26,28)(H,27,29). The summed E-state index contributed by atoms with van der Waals surface area (Å²) in [5.74, 6) is 4.50. The van der Waals surface area contributed by atoms with E-state index in [1.807, 2.05) is 42.5 Å². The number of anilines is 2. The summed E-state index contributed by atoms with van der Waals surface area (Å²) >= 11 is 0. The Morgan fingerprint density at radius 2 is 1.70 bits per heavy atom. The van der Waals surface area contributed by atoms with Crippen LogP contribution in [0.1, 0.15) is 51.4 Å². The van der Waals surface area contributed by atoms with Crippen molar-refractivity contribution in [3.63, 3.8) is 0 Å². The average molecular weight is 406 g/mol. The lowest BCUT2D eigenvalue weighted by molar-refractivity contribution is -0.116. The number of para-hydroxylation sites is 1. The van der Waals surface area contributed by atoms with E-state index in [2.05, 4.69) is 15.6 Å². The highest BCUT2D eigenvalue weighted by Gasteiger charge is 2.51. The number of aromatic nitrogens is 1. The highest BCUT2D eigenvalue weighted by Crippen LogP contribution is 2.56. The van der Waals surface area contributed by atoms with Gasteiger partial charge in [0.2, 0.25) is 5.91 Å². The number of carbonyl (C=O) groups excluding carboxylic acids is 1. The number of rotatable bonds is 8. The van der Waals surface area contributed by atoms with Gasteiger partial charge in [-0.15, -0.1) is 0 Å². The van der Waals surface area contributed by atoms with E-state index in [0.717, 1.165) is 35.0 Å². The molecule has 0 radical (unpaired) electrons. The predicted octanol–water partition coefficient (Wildman–Crippen LogP) is 5.26. The summed E-state index contributed by atoms with van der Waals surface area (Å²) in [5.41, 5.74) is 1.01. The van der Waals surface area contributed by atoms with Gasteiger partial charge in [-0.2, -0.15) is 0 Å². The molecule has 0 unspecified atom stereocenters. The first-order chi connectivity index (χ1) is 14.7. The molecule has 5 heteroatoms. The Hall–Kier alpha value is -2.56. The summed E-state index contributed by atoms with van der Waals surface area (Å²) in [7, 11) is 0. The second-order valence-corrected chi connectivity index (χ2v) is 9.57. The summed E-state index contributed by atoms with van der Waals surface area (Å²) in [6.45, 7) is 0.531. The first-order valence-electron chi connectivity index (χ1n) is 11.4. The van der Waals surface area contributed by atoms with E-state index in [1.54, 1.807) is 6.20 Å². The normalized spacial score (nSPS) is 28.9. The molecule has 0 saturated heterocycles. The fourth-order valence-electron chi connectivity index (χ4n) is 6.24. The maximum Gasteiger partial charge on any atom is 0.224 e. The first kappa shape index (κ1) is 19.4. The van der Waals surface area contributed by atoms with Gasteiger partial charge in [0, 0.05) is 12.0 Å². The summed E-state index contributed by atoms with van der Waals surface area (Å²) in [6.07, 6.45) is 11.1. The lowest BCUT2D eigenvalue weighted by Gasteiger charge is -2.57. The molecular formula is C25H31N3O2. The smallest absolute Gasteiger partial charge is 0.224 e. The van der Waals surface area contributed by atoms with Crippen LogP contribution in [0.5, 0.6) is 5.75 Å². The molecule has 2 N–H and O–H groups in total. The number of carbonyl (C=O) groups is 1. The summed E-state index contributed by atoms with van der Waals surface area (Å²) in [5, 5.41) is 6.73. The average Bonchev–Trinajstić information content (AvgIpc) is 2.72. The molecular weight excluding hydrogens is 374 g/mol. The number of pyridine rings is 1. The van der Waals surface area contributed by atoms with Gasteiger partial charge < -0.3 is 15.4 Å². The molecule has 4 fully saturated rings. The van der Waals surface area contributed by atoms with Crippen molar-refractivity contribution < 1.29 is 9.53 Å². The maximum atomic E-state index is 12.2. The number of ether oxygens (including phenoxy) is 1. The molecule has 1 aromatic carbocycles. The molecule has 4 aliphatic rings. The van der Waals surface area contributed by atoms with Crippen molar-refractivity contribution in [2.75, 3.05) is 17.2 Å². The Morgan fingerprint density at radius 1 is 1.00 bits per heavy atom. The van der Waals surface area contributed by atoms with E-state index in [0.29, 0.717) is 19.4 Å². The quantitative estimate of drug-likeness (QED) is 0.588. The van der Waals surface area contributed by atoms with E-state index >= 15 is 0 Å². The predicted molar refractivity (Wildman–Crippen MR) is 119 cm³/mol. The second-order valence-electron chi connectivity index (χ2n) is 9.57. The third kappa shape index (κ3) is 4.45. The van der Waals surface area contributed by atoms with Crippen LogP contribution >= 0.6 is 0 Å². The molecule has 0 aliphatic heterocycles. The zero-order valence-electron chi connectivity index (χ0n) is 17.5. The van der Waals surface area contributed by atoms with Crippen molar-refractivity contribution in [3.8, 4) is 5.75 Å². The number of amides is 1. The van der Waals surface area contributed by atoms with Crippen LogP contribution in [-0.4, -0.2) is 23.0 Å². The number of nitrogens with zero attached hydrogens (tertiary/aromatic N) is 1. The third-order valence-corrected chi connectivity index (χ3v) is 7.04. The van der Waals surface area contributed by atoms with Crippen LogP contribution in [-0.2, 0) is 4.79 Å². The molecule has 4 aliphatic carbocycles. The van der Waals surface area contributed by atoms with Crippen LogP contribution in [0.2, 0.25) is 0 Å². The van der Waals surface area contributed by atoms with Gasteiger partial charge in [-0.1, -0.05) is 18.2 Å². The molecule has 1 amide bonds. The van der Waals surface area contributed by atoms with Gasteiger partial charge in [-0.25, -0.2) is 4.98 Å². The zero-order chi connectivity index (χ0) is 20.4. The van der Waals surface area contributed by atoms with Gasteiger partial charge in [0.25, 0.3) is 0 Å². The minimum atomic E-state index is -0.00439. The summed E-state index contributed by atoms with van der Waals surface area (Å²) in [6, 6.07) is 13.6. The van der Waals surface area contributed by atoms with Crippen molar-refractivity contribution in [2.45, 2.75) is 56.9 Å². The van der Waals surface area contributed by atoms with Crippen LogP contribution < -0.4 is 15.4 Å². The van der Waals surface area contributed by atoms with Gasteiger partial charge in [0.05, 0.1) is 18.5 Å². The van der Waals surface area contributed by atoms with E-state index in [9.17, 15) is 4.79 Å². The number of hydrogen-bond acceptors (Lipinski definition) is 4. The van der Waals surface area contributed by atoms with Crippen molar-refractivity contribution in [1.82, 2.24) is 4.98 Å². The highest BCUT2D eigenvalue weighted by atomic mass is 16.5. The molecule has 4 bridgehead atoms. The molecule has 2 aromatic rings. The van der Waals surface area contributed by atoms with Gasteiger partial charge in [-0.05, 0) is 87.0 Å². The molecule has 0 spiro atoms. The number of nitrogens with one attached hydrogen (secondary N) is 2. The van der Waals surface area contributed by atoms with Crippen molar-refractivity contribution in [1.29, 1.82) is 0 Å². The zero-order valence-corrected chi connectivity index (χ0v) is 17.5. The highest BCUT2D eigenvalue weighted by molar-refractivity contribution is 5.90. The van der Waals surface area contributed by atoms with E-state index < -0.39 is 0 Å². The fraction of sp³-hybridized carbons (Fsp3) is 0.520. The van der Waals surface area contributed by atoms with Gasteiger partial charge in [-0.3, -0.25) is 4.79 Å². The van der Waals surface area contributed by atoms with E-state index in [-0.39, 0.29) is 11.4 Å². The van der Waals surface area contributed by atoms with E-state index in [1.165, 1.54) is 38.5 Å². The van der Waals surface area contributed by atoms with Crippen LogP contribution in [0.25, 0.3) is 0 Å². The number of hydrogen-bond donors (Lipinski definition) is 2. The minimum absolute atomic E-state index is 0.00439. The summed E-state index contributed by atoms with van der Waals surface area (Å²) < 4.78 is 5.64. The Morgan fingerprint density at radius 3 is 2.33 bits per heavy atom. The molecule has 158 valence electrons. The first-order valence-corrected chi connectivity index (χ1v) is 11.4. The van der Waals surface area contributed by atoms with Crippen molar-refractivity contribution in [3.05, 3.63) is 48.7 Å². The number of benzene rings is 1. The van der Waals surface area contributed by atoms with Crippen molar-refractivity contribution in [2.24, 2.45) is 17.8 Å². The topological polar surface area (TPSA) is 63.2 Å². The molecule has 1 aromatic heterocycles. The van der Waals surface area contributed by atoms with E-state index in [4.69, 9.17) is 4.74 Å². The van der Waals surface area contributed by atoms with Crippen LogP contribution in [0.15, 0.2) is 48.7 Å². The fourth-order valence-corrected chi connectivity index (χ4v) is 6.24. The Kier molecular flexibility index (Phi) is 5.36. The molecule has 4 saturated carbocycles. The monoisotopic (exact) mass is 405 g/mol. The van der Waals surface area contributed by atoms with Gasteiger partial charge >= 0.3 is 0 Å². The third-order valence-electron chi connectivity index (χ3n) is 7.04. The van der Waals surface area contributed by atoms with Crippen molar-refractivity contribution >= 4 is 17.4 Å². The maximum absolute atomic E-state index is 12.2. The second kappa shape index (κ2) is 8.29. The van der Waals surface area contributed by atoms with Crippen LogP contribution in [0, 0.1) is 17.8 Å². The Labute approximate surface area is 178 Å². The van der Waals surface area contributed by atoms with Gasteiger partial charge in [0.15, 0.2) is 0 Å². The van der Waals surface area contributed by atoms with Gasteiger partial charge in [0.1, 0.15) is 11.6 Å². The molecule has 30 heavy (non-hydrogen) atoms. The Balaban J connectivity index is 1.08. The lowest BCUT2D eigenvalue weighted by Crippen LogP contribution is -2.54. The van der Waals surface area contributed by atoms with Crippen LogP contribution in [0.4, 0.5) is 11.5 Å². The molecule has 6 rings (SSSR count). The lowest BCUT2D eigenvalue weighted by atomic mass is 9.53. The minimum Gasteiger partial charge on any atom is -0.494 e. The molecule has 1 heterocycles. The largest absolute Gasteiger partial charge is 0.494 e. The SMILES string of the molecule is O=C(CCCOc1ccccc1)Nc1ccc(NC23CC4CC(CC(C4)C2)C3)nc1. The molecule has 0 atom stereocenters. The molecule has 5 nitrogen and oxygen atoms in total. The Bertz CT molecular complexity index is 830.